The van der Waals surface area contributed by atoms with Crippen LogP contribution in [0, 0.1) is 20.8 Å². The van der Waals surface area contributed by atoms with Crippen molar-refractivity contribution in [3.05, 3.63) is 106 Å². The number of benzene rings is 3. The lowest BCUT2D eigenvalue weighted by molar-refractivity contribution is -0.966. The zero-order chi connectivity index (χ0) is 30.6. The summed E-state index contributed by atoms with van der Waals surface area (Å²) in [5, 5.41) is 0. The predicted molar refractivity (Wildman–Crippen MR) is 189 cm³/mol. The Kier molecular flexibility index (Phi) is 19.4. The Labute approximate surface area is 278 Å². The van der Waals surface area contributed by atoms with E-state index in [1.807, 2.05) is 0 Å². The van der Waals surface area contributed by atoms with E-state index in [1.165, 1.54) is 143 Å². The van der Waals surface area contributed by atoms with Gasteiger partial charge in [-0.3, -0.25) is 0 Å². The van der Waals surface area contributed by atoms with Gasteiger partial charge in [-0.05, 0) is 50.3 Å². The number of unbranched alkanes of at least 4 members (excludes halogenated alkanes) is 15. The summed E-state index contributed by atoms with van der Waals surface area (Å²) in [6.45, 7) is 13.7. The molecule has 0 bridgehead atoms. The SMILES string of the molecule is CCCCCCCCCCCCCCCCCC[N+](Cc1ccccc1C)(Cc1ccccc1C)Cc1ccccc1C.[Cl-]. The molecule has 3 aromatic rings. The number of hydrogen-bond acceptors (Lipinski definition) is 0. The van der Waals surface area contributed by atoms with E-state index < -0.39 is 0 Å². The number of hydrogen-bond donors (Lipinski definition) is 0. The fourth-order valence-corrected chi connectivity index (χ4v) is 6.85. The molecule has 0 aliphatic carbocycles. The highest BCUT2D eigenvalue weighted by molar-refractivity contribution is 5.28. The van der Waals surface area contributed by atoms with Crippen LogP contribution in [0.5, 0.6) is 0 Å². The van der Waals surface area contributed by atoms with E-state index in [0.717, 1.165) is 24.1 Å². The minimum atomic E-state index is 0. The molecule has 0 saturated carbocycles. The Hall–Kier alpha value is -2.09. The fraction of sp³-hybridized carbons (Fsp3) is 0.571. The molecule has 244 valence electrons. The van der Waals surface area contributed by atoms with Crippen molar-refractivity contribution in [1.29, 1.82) is 0 Å². The Bertz CT molecular complexity index is 1040. The second-order valence-corrected chi connectivity index (χ2v) is 13.6. The Morgan fingerprint density at radius 3 is 0.955 bits per heavy atom. The van der Waals surface area contributed by atoms with Gasteiger partial charge in [0.2, 0.25) is 0 Å². The van der Waals surface area contributed by atoms with Gasteiger partial charge in [0.15, 0.2) is 0 Å². The third kappa shape index (κ3) is 14.3. The van der Waals surface area contributed by atoms with Gasteiger partial charge in [0.25, 0.3) is 0 Å². The van der Waals surface area contributed by atoms with Crippen molar-refractivity contribution in [2.45, 2.75) is 150 Å². The lowest BCUT2D eigenvalue weighted by Gasteiger charge is -2.40. The topological polar surface area (TPSA) is 0 Å². The lowest BCUT2D eigenvalue weighted by Crippen LogP contribution is -3.00. The van der Waals surface area contributed by atoms with Crippen LogP contribution in [0.1, 0.15) is 143 Å². The van der Waals surface area contributed by atoms with Gasteiger partial charge in [0.1, 0.15) is 19.6 Å². The van der Waals surface area contributed by atoms with Crippen LogP contribution in [-0.4, -0.2) is 11.0 Å². The van der Waals surface area contributed by atoms with Gasteiger partial charge >= 0.3 is 0 Å². The van der Waals surface area contributed by atoms with Crippen LogP contribution in [0.2, 0.25) is 0 Å². The molecular weight excluding hydrogens is 554 g/mol. The maximum atomic E-state index is 2.37. The molecule has 0 N–H and O–H groups in total. The molecule has 1 nitrogen and oxygen atoms in total. The molecule has 0 fully saturated rings. The maximum Gasteiger partial charge on any atom is 0.105 e. The summed E-state index contributed by atoms with van der Waals surface area (Å²) in [6, 6.07) is 27.2. The number of halogens is 1. The molecule has 3 aromatic carbocycles. The van der Waals surface area contributed by atoms with Crippen LogP contribution in [0.3, 0.4) is 0 Å². The minimum Gasteiger partial charge on any atom is -1.00 e. The smallest absolute Gasteiger partial charge is 0.105 e. The van der Waals surface area contributed by atoms with E-state index in [-0.39, 0.29) is 12.4 Å². The molecule has 0 radical (unpaired) electrons. The zero-order valence-corrected chi connectivity index (χ0v) is 29.7. The first-order valence-corrected chi connectivity index (χ1v) is 18.0. The molecule has 44 heavy (non-hydrogen) atoms. The van der Waals surface area contributed by atoms with Crippen molar-refractivity contribution in [3.8, 4) is 0 Å². The summed E-state index contributed by atoms with van der Waals surface area (Å²) in [7, 11) is 0. The average molecular weight is 618 g/mol. The van der Waals surface area contributed by atoms with E-state index in [9.17, 15) is 0 Å². The largest absolute Gasteiger partial charge is 1.00 e. The molecule has 3 rings (SSSR count). The maximum absolute atomic E-state index is 2.37. The normalized spacial score (nSPS) is 11.5. The standard InChI is InChI=1S/C42H64N.ClH/c1-5-6-7-8-9-10-11-12-13-14-15-16-17-18-19-26-33-43(34-40-30-23-20-27-37(40)2,35-41-31-24-21-28-38(41)3)36-42-32-25-22-29-39(42)4;/h20-25,27-32H,5-19,26,33-36H2,1-4H3;1H/q+1;/p-1. The van der Waals surface area contributed by atoms with Crippen molar-refractivity contribution in [3.63, 3.8) is 0 Å². The third-order valence-electron chi connectivity index (χ3n) is 9.79. The number of aryl methyl sites for hydroxylation is 3. The first-order chi connectivity index (χ1) is 21.0. The summed E-state index contributed by atoms with van der Waals surface area (Å²) in [5.41, 5.74) is 8.77. The number of rotatable bonds is 23. The van der Waals surface area contributed by atoms with Gasteiger partial charge < -0.3 is 16.9 Å². The fourth-order valence-electron chi connectivity index (χ4n) is 6.85. The summed E-state index contributed by atoms with van der Waals surface area (Å²) in [4.78, 5) is 0. The first kappa shape index (κ1) is 38.1. The Morgan fingerprint density at radius 1 is 0.386 bits per heavy atom. The first-order valence-electron chi connectivity index (χ1n) is 18.0. The van der Waals surface area contributed by atoms with Crippen LogP contribution in [0.15, 0.2) is 72.8 Å². The van der Waals surface area contributed by atoms with E-state index in [1.54, 1.807) is 0 Å². The van der Waals surface area contributed by atoms with Crippen molar-refractivity contribution >= 4 is 0 Å². The molecule has 2 heteroatoms. The van der Waals surface area contributed by atoms with Crippen molar-refractivity contribution < 1.29 is 16.9 Å². The van der Waals surface area contributed by atoms with Gasteiger partial charge in [-0.25, -0.2) is 0 Å². The highest BCUT2D eigenvalue weighted by atomic mass is 35.5. The van der Waals surface area contributed by atoms with Crippen LogP contribution in [0.4, 0.5) is 0 Å². The third-order valence-corrected chi connectivity index (χ3v) is 9.79. The molecule has 0 spiro atoms. The van der Waals surface area contributed by atoms with E-state index in [0.29, 0.717) is 0 Å². The molecule has 0 aliphatic rings. The van der Waals surface area contributed by atoms with Gasteiger partial charge in [0, 0.05) is 16.7 Å². The summed E-state index contributed by atoms with van der Waals surface area (Å²) >= 11 is 0. The second-order valence-electron chi connectivity index (χ2n) is 13.6. The monoisotopic (exact) mass is 617 g/mol. The lowest BCUT2D eigenvalue weighted by atomic mass is 9.99. The van der Waals surface area contributed by atoms with Crippen molar-refractivity contribution in [2.75, 3.05) is 6.54 Å². The molecule has 0 atom stereocenters. The van der Waals surface area contributed by atoms with Gasteiger partial charge in [-0.2, -0.15) is 0 Å². The van der Waals surface area contributed by atoms with Crippen molar-refractivity contribution in [2.24, 2.45) is 0 Å². The van der Waals surface area contributed by atoms with E-state index in [4.69, 9.17) is 0 Å². The molecule has 0 amide bonds. The molecule has 0 unspecified atom stereocenters. The molecule has 0 saturated heterocycles. The van der Waals surface area contributed by atoms with E-state index in [2.05, 4.69) is 100 Å². The van der Waals surface area contributed by atoms with E-state index >= 15 is 0 Å². The summed E-state index contributed by atoms with van der Waals surface area (Å²) in [6.07, 6.45) is 22.7. The number of nitrogens with zero attached hydrogens (tertiary/aromatic N) is 1. The van der Waals surface area contributed by atoms with Crippen LogP contribution in [-0.2, 0) is 19.6 Å². The average Bonchev–Trinajstić information content (AvgIpc) is 3.00. The highest BCUT2D eigenvalue weighted by Gasteiger charge is 2.30. The molecule has 0 aliphatic heterocycles. The van der Waals surface area contributed by atoms with Crippen LogP contribution < -0.4 is 12.4 Å². The van der Waals surface area contributed by atoms with Gasteiger partial charge in [0.05, 0.1) is 6.54 Å². The quantitative estimate of drug-likeness (QED) is 0.0734. The molecular formula is C42H64ClN. The molecule has 0 heterocycles. The predicted octanol–water partition coefficient (Wildman–Crippen LogP) is 9.59. The van der Waals surface area contributed by atoms with Gasteiger partial charge in [-0.1, -0.05) is 170 Å². The minimum absolute atomic E-state index is 0. The van der Waals surface area contributed by atoms with Crippen LogP contribution >= 0.6 is 0 Å². The summed E-state index contributed by atoms with van der Waals surface area (Å²) in [5.74, 6) is 0. The highest BCUT2D eigenvalue weighted by Crippen LogP contribution is 2.29. The molecule has 0 aromatic heterocycles. The Balaban J connectivity index is 0.00000675. The van der Waals surface area contributed by atoms with Crippen molar-refractivity contribution in [1.82, 2.24) is 0 Å². The van der Waals surface area contributed by atoms with Crippen LogP contribution in [0.25, 0.3) is 0 Å². The van der Waals surface area contributed by atoms with Gasteiger partial charge in [-0.15, -0.1) is 0 Å². The second kappa shape index (κ2) is 22.4. The number of quaternary nitrogens is 1. The zero-order valence-electron chi connectivity index (χ0n) is 28.9. The Morgan fingerprint density at radius 2 is 0.659 bits per heavy atom. The summed E-state index contributed by atoms with van der Waals surface area (Å²) < 4.78 is 1.10.